The third-order valence-electron chi connectivity index (χ3n) is 3.32. The van der Waals surface area contributed by atoms with Gasteiger partial charge in [-0.15, -0.1) is 0 Å². The van der Waals surface area contributed by atoms with Crippen LogP contribution in [-0.4, -0.2) is 11.2 Å². The summed E-state index contributed by atoms with van der Waals surface area (Å²) in [5.41, 5.74) is 3.87. The molecule has 0 aliphatic rings. The summed E-state index contributed by atoms with van der Waals surface area (Å²) in [5.74, 6) is 0.989. The van der Waals surface area contributed by atoms with Crippen molar-refractivity contribution in [2.75, 3.05) is 6.26 Å². The van der Waals surface area contributed by atoms with E-state index in [0.717, 1.165) is 22.6 Å². The van der Waals surface area contributed by atoms with Gasteiger partial charge in [0.1, 0.15) is 0 Å². The van der Waals surface area contributed by atoms with Crippen molar-refractivity contribution in [3.05, 3.63) is 53.7 Å². The molecule has 1 heterocycles. The van der Waals surface area contributed by atoms with Crippen molar-refractivity contribution >= 4 is 11.8 Å². The van der Waals surface area contributed by atoms with Crippen LogP contribution in [0.2, 0.25) is 0 Å². The molecule has 2 rings (SSSR count). The second-order valence-electron chi connectivity index (χ2n) is 5.30. The number of rotatable bonds is 4. The van der Waals surface area contributed by atoms with Crippen LogP contribution in [0.3, 0.4) is 0 Å². The first kappa shape index (κ1) is 14.6. The van der Waals surface area contributed by atoms with Gasteiger partial charge in [-0.3, -0.25) is 4.98 Å². The van der Waals surface area contributed by atoms with Crippen molar-refractivity contribution in [2.45, 2.75) is 25.0 Å². The smallest absolute Gasteiger partial charge is 0.0766 e. The van der Waals surface area contributed by atoms with Crippen LogP contribution in [-0.2, 0) is 11.2 Å². The molecular weight excluding hydrogens is 264 g/mol. The van der Waals surface area contributed by atoms with Crippen molar-refractivity contribution in [1.29, 1.82) is 5.26 Å². The Kier molecular flexibility index (Phi) is 4.46. The lowest BCUT2D eigenvalue weighted by Gasteiger charge is -2.15. The Morgan fingerprint density at radius 2 is 1.85 bits per heavy atom. The molecule has 0 aliphatic heterocycles. The average molecular weight is 282 g/mol. The summed E-state index contributed by atoms with van der Waals surface area (Å²) in [6, 6.07) is 14.6. The SMILES string of the molecule is CSCc1ccc(-c2ccc(C(C)(C)C#N)cc2)nc1. The number of nitrogens with zero attached hydrogens (tertiary/aromatic N) is 2. The minimum Gasteiger partial charge on any atom is -0.256 e. The summed E-state index contributed by atoms with van der Waals surface area (Å²) >= 11 is 1.79. The summed E-state index contributed by atoms with van der Waals surface area (Å²) < 4.78 is 0. The maximum atomic E-state index is 9.15. The Balaban J connectivity index is 2.24. The quantitative estimate of drug-likeness (QED) is 0.833. The number of hydrogen-bond donors (Lipinski definition) is 0. The van der Waals surface area contributed by atoms with Crippen LogP contribution in [0.15, 0.2) is 42.6 Å². The maximum Gasteiger partial charge on any atom is 0.0766 e. The lowest BCUT2D eigenvalue weighted by molar-refractivity contribution is 0.687. The molecule has 1 aromatic heterocycles. The molecule has 0 bridgehead atoms. The highest BCUT2D eigenvalue weighted by molar-refractivity contribution is 7.97. The molecule has 0 atom stereocenters. The van der Waals surface area contributed by atoms with E-state index >= 15 is 0 Å². The lowest BCUT2D eigenvalue weighted by atomic mass is 9.86. The van der Waals surface area contributed by atoms with E-state index in [1.807, 2.05) is 44.3 Å². The number of nitriles is 1. The molecule has 2 aromatic rings. The maximum absolute atomic E-state index is 9.15. The van der Waals surface area contributed by atoms with Crippen molar-refractivity contribution in [3.8, 4) is 17.3 Å². The molecule has 0 amide bonds. The number of benzene rings is 1. The van der Waals surface area contributed by atoms with E-state index in [1.54, 1.807) is 11.8 Å². The van der Waals surface area contributed by atoms with Crippen LogP contribution in [0.25, 0.3) is 11.3 Å². The van der Waals surface area contributed by atoms with Gasteiger partial charge < -0.3 is 0 Å². The van der Waals surface area contributed by atoms with Gasteiger partial charge in [0.05, 0.1) is 17.2 Å². The predicted octanol–water partition coefficient (Wildman–Crippen LogP) is 4.41. The van der Waals surface area contributed by atoms with E-state index in [1.165, 1.54) is 5.56 Å². The van der Waals surface area contributed by atoms with E-state index < -0.39 is 5.41 Å². The van der Waals surface area contributed by atoms with Gasteiger partial charge in [-0.25, -0.2) is 0 Å². The average Bonchev–Trinajstić information content (AvgIpc) is 2.48. The summed E-state index contributed by atoms with van der Waals surface area (Å²) in [6.07, 6.45) is 4.02. The zero-order valence-electron chi connectivity index (χ0n) is 12.1. The largest absolute Gasteiger partial charge is 0.256 e. The third kappa shape index (κ3) is 3.20. The predicted molar refractivity (Wildman–Crippen MR) is 85.5 cm³/mol. The van der Waals surface area contributed by atoms with Gasteiger partial charge in [0.25, 0.3) is 0 Å². The molecule has 0 aliphatic carbocycles. The molecule has 102 valence electrons. The van der Waals surface area contributed by atoms with Crippen LogP contribution >= 0.6 is 11.8 Å². The standard InChI is InChI=1S/C17H18N2S/c1-17(2,12-18)15-7-5-14(6-8-15)16-9-4-13(10-19-16)11-20-3/h4-10H,11H2,1-3H3. The molecule has 0 spiro atoms. The van der Waals surface area contributed by atoms with Gasteiger partial charge in [-0.1, -0.05) is 30.3 Å². The normalized spacial score (nSPS) is 11.1. The molecule has 0 N–H and O–H groups in total. The Labute approximate surface area is 124 Å². The zero-order chi connectivity index (χ0) is 14.6. The topological polar surface area (TPSA) is 36.7 Å². The fraction of sp³-hybridized carbons (Fsp3) is 0.294. The van der Waals surface area contributed by atoms with E-state index in [4.69, 9.17) is 5.26 Å². The van der Waals surface area contributed by atoms with Crippen molar-refractivity contribution < 1.29 is 0 Å². The molecular formula is C17H18N2S. The Hall–Kier alpha value is -1.79. The van der Waals surface area contributed by atoms with Crippen molar-refractivity contribution in [2.24, 2.45) is 0 Å². The van der Waals surface area contributed by atoms with Crippen LogP contribution < -0.4 is 0 Å². The van der Waals surface area contributed by atoms with Gasteiger partial charge in [-0.05, 0) is 37.3 Å². The molecule has 2 nitrogen and oxygen atoms in total. The highest BCUT2D eigenvalue weighted by Crippen LogP contribution is 2.25. The summed E-state index contributed by atoms with van der Waals surface area (Å²) in [4.78, 5) is 4.50. The Morgan fingerprint density at radius 1 is 1.15 bits per heavy atom. The van der Waals surface area contributed by atoms with Gasteiger partial charge in [0.15, 0.2) is 0 Å². The van der Waals surface area contributed by atoms with Gasteiger partial charge in [0, 0.05) is 17.5 Å². The zero-order valence-corrected chi connectivity index (χ0v) is 12.9. The van der Waals surface area contributed by atoms with E-state index in [0.29, 0.717) is 0 Å². The second kappa shape index (κ2) is 6.11. The fourth-order valence-corrected chi connectivity index (χ4v) is 2.47. The fourth-order valence-electron chi connectivity index (χ4n) is 1.97. The first-order valence-corrected chi connectivity index (χ1v) is 7.92. The number of hydrogen-bond acceptors (Lipinski definition) is 3. The van der Waals surface area contributed by atoms with Gasteiger partial charge in [0.2, 0.25) is 0 Å². The van der Waals surface area contributed by atoms with Crippen LogP contribution in [0.5, 0.6) is 0 Å². The Morgan fingerprint density at radius 3 is 2.35 bits per heavy atom. The highest BCUT2D eigenvalue weighted by atomic mass is 32.2. The van der Waals surface area contributed by atoms with Gasteiger partial charge >= 0.3 is 0 Å². The minimum absolute atomic E-state index is 0.450. The lowest BCUT2D eigenvalue weighted by Crippen LogP contribution is -2.13. The summed E-state index contributed by atoms with van der Waals surface area (Å²) in [6.45, 7) is 3.86. The molecule has 0 saturated carbocycles. The second-order valence-corrected chi connectivity index (χ2v) is 6.16. The van der Waals surface area contributed by atoms with Crippen LogP contribution in [0.4, 0.5) is 0 Å². The van der Waals surface area contributed by atoms with Crippen molar-refractivity contribution in [3.63, 3.8) is 0 Å². The van der Waals surface area contributed by atoms with Crippen LogP contribution in [0.1, 0.15) is 25.0 Å². The molecule has 3 heteroatoms. The first-order chi connectivity index (χ1) is 9.56. The minimum atomic E-state index is -0.450. The molecule has 0 fully saturated rings. The molecule has 0 radical (unpaired) electrons. The number of pyridine rings is 1. The third-order valence-corrected chi connectivity index (χ3v) is 3.94. The monoisotopic (exact) mass is 282 g/mol. The number of aromatic nitrogens is 1. The first-order valence-electron chi connectivity index (χ1n) is 6.53. The van der Waals surface area contributed by atoms with E-state index in [2.05, 4.69) is 29.4 Å². The molecule has 0 saturated heterocycles. The molecule has 0 unspecified atom stereocenters. The summed E-state index contributed by atoms with van der Waals surface area (Å²) in [7, 11) is 0. The van der Waals surface area contributed by atoms with E-state index in [9.17, 15) is 0 Å². The van der Waals surface area contributed by atoms with E-state index in [-0.39, 0.29) is 0 Å². The molecule has 20 heavy (non-hydrogen) atoms. The molecule has 1 aromatic carbocycles. The highest BCUT2D eigenvalue weighted by Gasteiger charge is 2.19. The Bertz CT molecular complexity index is 607. The summed E-state index contributed by atoms with van der Waals surface area (Å²) in [5, 5.41) is 9.15. The van der Waals surface area contributed by atoms with Crippen LogP contribution in [0, 0.1) is 11.3 Å². The number of thioether (sulfide) groups is 1. The van der Waals surface area contributed by atoms with Crippen molar-refractivity contribution in [1.82, 2.24) is 4.98 Å². The van der Waals surface area contributed by atoms with Gasteiger partial charge in [-0.2, -0.15) is 17.0 Å².